The van der Waals surface area contributed by atoms with E-state index in [1.54, 1.807) is 6.20 Å². The topological polar surface area (TPSA) is 97.1 Å². The van der Waals surface area contributed by atoms with E-state index < -0.39 is 0 Å². The van der Waals surface area contributed by atoms with Gasteiger partial charge in [0.15, 0.2) is 0 Å². The standard InChI is InChI=1S/C13H23N3.C12H22N2.C11H21N3.C7H12N2.C5H12.C2H6.5CH4/c1-12(2,3)11-10(9-7-8-9)16(15-14-11)13(4,5)6;1-9-10(11(2,3)4)8-13-14(9)12(5,6)7;1-8-9(10(2,3)4)12-13-14(8)11(5,6)7;1-7(2,3)9-6-4-5-8-9;1-5(2,3)4;1-2;;;;;/h9H,7-8H2,1-6H3;8H,1-7H3;1-7H3;4-6H,1-3H3;1-4H3;1-2H3;5*1H4. The minimum Gasteiger partial charge on any atom is -0.268 e. The van der Waals surface area contributed by atoms with Gasteiger partial charge in [0.05, 0.1) is 51.1 Å². The molecule has 0 unspecified atom stereocenters. The van der Waals surface area contributed by atoms with Crippen molar-refractivity contribution in [3.05, 3.63) is 58.7 Å². The van der Waals surface area contributed by atoms with Crippen molar-refractivity contribution in [1.82, 2.24) is 49.5 Å². The molecule has 5 rings (SSSR count). The third kappa shape index (κ3) is 24.9. The molecule has 4 aromatic rings. The van der Waals surface area contributed by atoms with Gasteiger partial charge in [-0.1, -0.05) is 151 Å². The van der Waals surface area contributed by atoms with E-state index in [0.717, 1.165) is 5.69 Å². The molecule has 65 heavy (non-hydrogen) atoms. The molecule has 1 saturated carbocycles. The lowest BCUT2D eigenvalue weighted by molar-refractivity contribution is 0.335. The van der Waals surface area contributed by atoms with Gasteiger partial charge < -0.3 is 0 Å². The van der Waals surface area contributed by atoms with Gasteiger partial charge in [-0.15, -0.1) is 10.2 Å². The Morgan fingerprint density at radius 1 is 0.462 bits per heavy atom. The zero-order valence-electron chi connectivity index (χ0n) is 44.8. The molecule has 1 aliphatic carbocycles. The SMILES string of the molecule is C.C.C.C.C.CC.CC(C)(C)C.CC(C)(C)c1nnn(C(C)(C)C)c1C1CC1.CC(C)(C)n1cccn1.Cc1c(C(C)(C)C)cnn1C(C)(C)C.Cc1c(C(C)(C)C)nnn1C(C)(C)C. The quantitative estimate of drug-likeness (QED) is 0.189. The Hall–Kier alpha value is -3.30. The number of rotatable bonds is 1. The highest BCUT2D eigenvalue weighted by Gasteiger charge is 2.37. The zero-order chi connectivity index (χ0) is 47.8. The summed E-state index contributed by atoms with van der Waals surface area (Å²) in [5.41, 5.74) is 8.56. The summed E-state index contributed by atoms with van der Waals surface area (Å²) in [5, 5.41) is 25.9. The van der Waals surface area contributed by atoms with Crippen LogP contribution < -0.4 is 0 Å². The molecule has 10 nitrogen and oxygen atoms in total. The largest absolute Gasteiger partial charge is 0.268 e. The summed E-state index contributed by atoms with van der Waals surface area (Å²) in [6.07, 6.45) is 8.37. The molecule has 0 amide bonds. The zero-order valence-corrected chi connectivity index (χ0v) is 44.8. The Morgan fingerprint density at radius 3 is 1.05 bits per heavy atom. The van der Waals surface area contributed by atoms with E-state index in [1.165, 1.54) is 41.2 Å². The number of aromatic nitrogens is 10. The summed E-state index contributed by atoms with van der Waals surface area (Å²) in [6, 6.07) is 1.94. The summed E-state index contributed by atoms with van der Waals surface area (Å²) in [6.45, 7) is 62.7. The Balaban J connectivity index is -0.000000168. The second kappa shape index (κ2) is 26.9. The van der Waals surface area contributed by atoms with E-state index in [2.05, 4.69) is 227 Å². The normalized spacial score (nSPS) is 12.8. The highest BCUT2D eigenvalue weighted by Crippen LogP contribution is 2.45. The smallest absolute Gasteiger partial charge is 0.0915 e. The fourth-order valence-corrected chi connectivity index (χ4v) is 6.19. The highest BCUT2D eigenvalue weighted by molar-refractivity contribution is 5.27. The van der Waals surface area contributed by atoms with E-state index in [4.69, 9.17) is 0 Å². The van der Waals surface area contributed by atoms with Gasteiger partial charge in [0.1, 0.15) is 0 Å². The molecule has 0 N–H and O–H groups in total. The second-order valence-corrected chi connectivity index (χ2v) is 24.9. The van der Waals surface area contributed by atoms with Crippen LogP contribution in [0.25, 0.3) is 0 Å². The molecule has 0 bridgehead atoms. The fraction of sp³-hybridized carbons (Fsp3) is 0.818. The van der Waals surface area contributed by atoms with Gasteiger partial charge in [-0.3, -0.25) is 9.36 Å². The van der Waals surface area contributed by atoms with Crippen molar-refractivity contribution in [1.29, 1.82) is 0 Å². The van der Waals surface area contributed by atoms with Crippen molar-refractivity contribution in [2.75, 3.05) is 0 Å². The maximum absolute atomic E-state index is 4.47. The van der Waals surface area contributed by atoms with Gasteiger partial charge in [0.2, 0.25) is 0 Å². The molecule has 0 radical (unpaired) electrons. The molecule has 1 fully saturated rings. The van der Waals surface area contributed by atoms with Crippen LogP contribution in [-0.4, -0.2) is 49.5 Å². The van der Waals surface area contributed by atoms with Gasteiger partial charge in [-0.25, -0.2) is 9.36 Å². The first-order chi connectivity index (χ1) is 26.6. The van der Waals surface area contributed by atoms with Gasteiger partial charge >= 0.3 is 0 Å². The number of nitrogens with zero attached hydrogens (tertiary/aromatic N) is 10. The molecule has 4 aromatic heterocycles. The van der Waals surface area contributed by atoms with Crippen LogP contribution in [0, 0.1) is 19.3 Å². The maximum atomic E-state index is 4.47. The predicted molar refractivity (Wildman–Crippen MR) is 292 cm³/mol. The predicted octanol–water partition coefficient (Wildman–Crippen LogP) is 17.0. The molecule has 0 saturated heterocycles. The molecule has 0 spiro atoms. The summed E-state index contributed by atoms with van der Waals surface area (Å²) >= 11 is 0. The first kappa shape index (κ1) is 73.3. The van der Waals surface area contributed by atoms with Crippen LogP contribution in [-0.2, 0) is 38.4 Å². The lowest BCUT2D eigenvalue weighted by atomic mass is 9.87. The molecule has 0 aromatic carbocycles. The van der Waals surface area contributed by atoms with Crippen LogP contribution in [0.15, 0.2) is 24.7 Å². The minimum absolute atomic E-state index is 0. The summed E-state index contributed by atoms with van der Waals surface area (Å²) < 4.78 is 8.17. The Kier molecular flexibility index (Phi) is 30.3. The van der Waals surface area contributed by atoms with Crippen LogP contribution in [0.5, 0.6) is 0 Å². The van der Waals surface area contributed by atoms with E-state index >= 15 is 0 Å². The molecule has 1 aliphatic rings. The first-order valence-corrected chi connectivity index (χ1v) is 22.5. The molecular formula is C55H116N10. The Morgan fingerprint density at radius 2 is 0.831 bits per heavy atom. The van der Waals surface area contributed by atoms with E-state index in [0.29, 0.717) is 11.3 Å². The van der Waals surface area contributed by atoms with Crippen molar-refractivity contribution in [3.63, 3.8) is 0 Å². The Bertz CT molecular complexity index is 1640. The monoisotopic (exact) mass is 917 g/mol. The molecule has 0 aliphatic heterocycles. The van der Waals surface area contributed by atoms with Gasteiger partial charge in [-0.05, 0) is 132 Å². The summed E-state index contributed by atoms with van der Waals surface area (Å²) in [4.78, 5) is 0. The maximum Gasteiger partial charge on any atom is 0.0915 e. The molecule has 4 heterocycles. The summed E-state index contributed by atoms with van der Waals surface area (Å²) in [5.74, 6) is 0.698. The first-order valence-electron chi connectivity index (χ1n) is 22.5. The fourth-order valence-electron chi connectivity index (χ4n) is 6.19. The van der Waals surface area contributed by atoms with Gasteiger partial charge in [0, 0.05) is 34.8 Å². The van der Waals surface area contributed by atoms with E-state index in [9.17, 15) is 0 Å². The Labute approximate surface area is 407 Å². The molecular weight excluding hydrogens is 801 g/mol. The third-order valence-electron chi connectivity index (χ3n) is 8.90. The molecule has 386 valence electrons. The van der Waals surface area contributed by atoms with Crippen LogP contribution >= 0.6 is 0 Å². The average Bonchev–Trinajstić information content (AvgIpc) is 3.46. The lowest BCUT2D eigenvalue weighted by Crippen LogP contribution is -2.26. The van der Waals surface area contributed by atoms with Crippen molar-refractivity contribution < 1.29 is 0 Å². The van der Waals surface area contributed by atoms with E-state index in [1.807, 2.05) is 41.7 Å². The van der Waals surface area contributed by atoms with E-state index in [-0.39, 0.29) is 75.5 Å². The second-order valence-electron chi connectivity index (χ2n) is 24.9. The molecule has 0 atom stereocenters. The van der Waals surface area contributed by atoms with Crippen LogP contribution in [0.2, 0.25) is 0 Å². The van der Waals surface area contributed by atoms with Crippen LogP contribution in [0.1, 0.15) is 277 Å². The highest BCUT2D eigenvalue weighted by atomic mass is 15.5. The van der Waals surface area contributed by atoms with Crippen molar-refractivity contribution in [3.8, 4) is 0 Å². The minimum atomic E-state index is 0. The van der Waals surface area contributed by atoms with Crippen molar-refractivity contribution in [2.24, 2.45) is 5.41 Å². The van der Waals surface area contributed by atoms with Crippen molar-refractivity contribution in [2.45, 2.75) is 295 Å². The summed E-state index contributed by atoms with van der Waals surface area (Å²) in [7, 11) is 0. The van der Waals surface area contributed by atoms with Crippen LogP contribution in [0.3, 0.4) is 0 Å². The lowest BCUT2D eigenvalue weighted by Gasteiger charge is -2.24. The average molecular weight is 918 g/mol. The van der Waals surface area contributed by atoms with Crippen LogP contribution in [0.4, 0.5) is 0 Å². The van der Waals surface area contributed by atoms with Gasteiger partial charge in [0.25, 0.3) is 0 Å². The number of hydrogen-bond donors (Lipinski definition) is 0. The van der Waals surface area contributed by atoms with Gasteiger partial charge in [-0.2, -0.15) is 10.2 Å². The molecule has 10 heteroatoms. The third-order valence-corrected chi connectivity index (χ3v) is 8.90. The number of hydrogen-bond acceptors (Lipinski definition) is 6. The van der Waals surface area contributed by atoms with Crippen molar-refractivity contribution >= 4 is 0 Å².